The molecule has 0 aliphatic carbocycles. The van der Waals surface area contributed by atoms with Crippen LogP contribution in [0, 0.1) is 6.92 Å². The summed E-state index contributed by atoms with van der Waals surface area (Å²) in [5.74, 6) is 5.68. The lowest BCUT2D eigenvalue weighted by atomic mass is 9.89. The van der Waals surface area contributed by atoms with Gasteiger partial charge in [0.15, 0.2) is 0 Å². The molecule has 0 fully saturated rings. The Morgan fingerprint density at radius 3 is 2.62 bits per heavy atom. The van der Waals surface area contributed by atoms with Crippen LogP contribution in [0.3, 0.4) is 0 Å². The van der Waals surface area contributed by atoms with E-state index in [2.05, 4.69) is 37.6 Å². The lowest BCUT2D eigenvalue weighted by Gasteiger charge is -2.36. The van der Waals surface area contributed by atoms with Crippen LogP contribution in [0.15, 0.2) is 11.4 Å². The smallest absolute Gasteiger partial charge is 0.0858 e. The Labute approximate surface area is 102 Å². The summed E-state index contributed by atoms with van der Waals surface area (Å²) in [6, 6.07) is 2.21. The summed E-state index contributed by atoms with van der Waals surface area (Å²) in [7, 11) is 0. The van der Waals surface area contributed by atoms with Crippen LogP contribution in [0.5, 0.6) is 0 Å². The molecule has 4 heteroatoms. The molecule has 1 aromatic rings. The van der Waals surface area contributed by atoms with Gasteiger partial charge in [0.05, 0.1) is 11.6 Å². The van der Waals surface area contributed by atoms with Crippen molar-refractivity contribution in [2.75, 3.05) is 6.61 Å². The van der Waals surface area contributed by atoms with Gasteiger partial charge in [-0.2, -0.15) is 0 Å². The SMILES string of the molecule is CCOC(C)(CC)C(NN)c1csc(C)c1. The van der Waals surface area contributed by atoms with Gasteiger partial charge in [-0.25, -0.2) is 0 Å². The summed E-state index contributed by atoms with van der Waals surface area (Å²) in [5.41, 5.74) is 3.85. The van der Waals surface area contributed by atoms with E-state index in [1.807, 2.05) is 6.92 Å². The Morgan fingerprint density at radius 2 is 2.25 bits per heavy atom. The van der Waals surface area contributed by atoms with Crippen LogP contribution in [0.1, 0.15) is 43.7 Å². The minimum Gasteiger partial charge on any atom is -0.374 e. The minimum atomic E-state index is -0.253. The third kappa shape index (κ3) is 2.83. The van der Waals surface area contributed by atoms with E-state index in [-0.39, 0.29) is 11.6 Å². The number of aryl methyl sites for hydroxylation is 1. The molecule has 0 spiro atoms. The van der Waals surface area contributed by atoms with E-state index in [1.54, 1.807) is 11.3 Å². The van der Waals surface area contributed by atoms with Crippen LogP contribution in [0.25, 0.3) is 0 Å². The fourth-order valence-corrected chi connectivity index (χ4v) is 2.69. The van der Waals surface area contributed by atoms with Gasteiger partial charge in [-0.05, 0) is 44.2 Å². The zero-order valence-electron chi connectivity index (χ0n) is 10.5. The summed E-state index contributed by atoms with van der Waals surface area (Å²) in [5, 5.41) is 2.15. The summed E-state index contributed by atoms with van der Waals surface area (Å²) in [6.45, 7) is 9.05. The van der Waals surface area contributed by atoms with Gasteiger partial charge in [0.25, 0.3) is 0 Å². The van der Waals surface area contributed by atoms with Crippen molar-refractivity contribution < 1.29 is 4.74 Å². The number of thiophene rings is 1. The standard InChI is InChI=1S/C12H22N2OS/c1-5-12(4,15-6-2)11(14-13)10-7-9(3)16-8-10/h7-8,11,14H,5-6,13H2,1-4H3. The molecular formula is C12H22N2OS. The maximum atomic E-state index is 5.86. The molecular weight excluding hydrogens is 220 g/mol. The molecule has 92 valence electrons. The van der Waals surface area contributed by atoms with Crippen molar-refractivity contribution in [3.05, 3.63) is 21.9 Å². The van der Waals surface area contributed by atoms with Crippen molar-refractivity contribution in [2.24, 2.45) is 5.84 Å². The molecule has 16 heavy (non-hydrogen) atoms. The number of nitrogens with one attached hydrogen (secondary N) is 1. The highest BCUT2D eigenvalue weighted by atomic mass is 32.1. The number of rotatable bonds is 6. The molecule has 0 amide bonds. The quantitative estimate of drug-likeness (QED) is 0.595. The lowest BCUT2D eigenvalue weighted by molar-refractivity contribution is -0.0563. The average Bonchev–Trinajstić information content (AvgIpc) is 2.66. The van der Waals surface area contributed by atoms with E-state index >= 15 is 0 Å². The van der Waals surface area contributed by atoms with E-state index in [0.717, 1.165) is 6.42 Å². The summed E-state index contributed by atoms with van der Waals surface area (Å²) in [6.07, 6.45) is 0.921. The fraction of sp³-hybridized carbons (Fsp3) is 0.667. The highest BCUT2D eigenvalue weighted by Gasteiger charge is 2.34. The number of hydrogen-bond acceptors (Lipinski definition) is 4. The molecule has 0 radical (unpaired) electrons. The lowest BCUT2D eigenvalue weighted by Crippen LogP contribution is -2.46. The molecule has 0 aliphatic heterocycles. The molecule has 0 aromatic carbocycles. The highest BCUT2D eigenvalue weighted by molar-refractivity contribution is 7.10. The Hall–Kier alpha value is -0.420. The van der Waals surface area contributed by atoms with Crippen molar-refractivity contribution in [3.8, 4) is 0 Å². The summed E-state index contributed by atoms with van der Waals surface area (Å²) in [4.78, 5) is 1.30. The van der Waals surface area contributed by atoms with Crippen LogP contribution in [-0.4, -0.2) is 12.2 Å². The number of hydrazine groups is 1. The monoisotopic (exact) mass is 242 g/mol. The van der Waals surface area contributed by atoms with Crippen molar-refractivity contribution in [1.82, 2.24) is 5.43 Å². The molecule has 0 saturated heterocycles. The van der Waals surface area contributed by atoms with Crippen molar-refractivity contribution in [1.29, 1.82) is 0 Å². The molecule has 1 aromatic heterocycles. The Kier molecular flexibility index (Phi) is 4.92. The molecule has 1 rings (SSSR count). The normalized spacial score (nSPS) is 17.1. The molecule has 0 saturated carbocycles. The van der Waals surface area contributed by atoms with Gasteiger partial charge in [0, 0.05) is 11.5 Å². The third-order valence-electron chi connectivity index (χ3n) is 3.04. The van der Waals surface area contributed by atoms with Gasteiger partial charge in [-0.3, -0.25) is 11.3 Å². The number of ether oxygens (including phenoxy) is 1. The zero-order valence-corrected chi connectivity index (χ0v) is 11.4. The summed E-state index contributed by atoms with van der Waals surface area (Å²) < 4.78 is 5.86. The van der Waals surface area contributed by atoms with Gasteiger partial charge in [0.1, 0.15) is 0 Å². The van der Waals surface area contributed by atoms with E-state index in [0.29, 0.717) is 6.61 Å². The maximum absolute atomic E-state index is 5.86. The molecule has 1 heterocycles. The van der Waals surface area contributed by atoms with Gasteiger partial charge >= 0.3 is 0 Å². The second-order valence-electron chi connectivity index (χ2n) is 4.19. The molecule has 3 N–H and O–H groups in total. The van der Waals surface area contributed by atoms with Crippen molar-refractivity contribution in [2.45, 2.75) is 45.8 Å². The molecule has 0 aliphatic rings. The topological polar surface area (TPSA) is 47.3 Å². The van der Waals surface area contributed by atoms with E-state index in [9.17, 15) is 0 Å². The number of hydrogen-bond donors (Lipinski definition) is 2. The average molecular weight is 242 g/mol. The van der Waals surface area contributed by atoms with Crippen LogP contribution >= 0.6 is 11.3 Å². The predicted molar refractivity (Wildman–Crippen MR) is 69.4 cm³/mol. The van der Waals surface area contributed by atoms with E-state index in [1.165, 1.54) is 10.4 Å². The maximum Gasteiger partial charge on any atom is 0.0858 e. The molecule has 0 bridgehead atoms. The van der Waals surface area contributed by atoms with E-state index in [4.69, 9.17) is 10.6 Å². The second kappa shape index (κ2) is 5.77. The first kappa shape index (κ1) is 13.6. The van der Waals surface area contributed by atoms with Gasteiger partial charge in [-0.15, -0.1) is 11.3 Å². The van der Waals surface area contributed by atoms with Gasteiger partial charge < -0.3 is 4.74 Å². The zero-order chi connectivity index (χ0) is 12.2. The summed E-state index contributed by atoms with van der Waals surface area (Å²) >= 11 is 1.74. The van der Waals surface area contributed by atoms with Gasteiger partial charge in [-0.1, -0.05) is 6.92 Å². The predicted octanol–water partition coefficient (Wildman–Crippen LogP) is 2.77. The third-order valence-corrected chi connectivity index (χ3v) is 3.92. The van der Waals surface area contributed by atoms with Crippen LogP contribution in [0.2, 0.25) is 0 Å². The second-order valence-corrected chi connectivity index (χ2v) is 5.30. The first-order chi connectivity index (χ1) is 7.57. The minimum absolute atomic E-state index is 0.0439. The van der Waals surface area contributed by atoms with E-state index < -0.39 is 0 Å². The van der Waals surface area contributed by atoms with Crippen LogP contribution < -0.4 is 11.3 Å². The highest BCUT2D eigenvalue weighted by Crippen LogP contribution is 2.33. The first-order valence-corrected chi connectivity index (χ1v) is 6.60. The van der Waals surface area contributed by atoms with Gasteiger partial charge in [0.2, 0.25) is 0 Å². The van der Waals surface area contributed by atoms with Crippen LogP contribution in [-0.2, 0) is 4.74 Å². The Morgan fingerprint density at radius 1 is 1.56 bits per heavy atom. The first-order valence-electron chi connectivity index (χ1n) is 5.72. The Balaban J connectivity index is 2.95. The fourth-order valence-electron chi connectivity index (χ4n) is 1.96. The number of nitrogens with two attached hydrogens (primary N) is 1. The molecule has 2 atom stereocenters. The van der Waals surface area contributed by atoms with Crippen LogP contribution in [0.4, 0.5) is 0 Å². The molecule has 3 nitrogen and oxygen atoms in total. The largest absolute Gasteiger partial charge is 0.374 e. The van der Waals surface area contributed by atoms with Crippen molar-refractivity contribution >= 4 is 11.3 Å². The molecule has 2 unspecified atom stereocenters. The van der Waals surface area contributed by atoms with Crippen molar-refractivity contribution in [3.63, 3.8) is 0 Å². The Bertz CT molecular complexity index is 327.